The molecule has 2 rings (SSSR count). The summed E-state index contributed by atoms with van der Waals surface area (Å²) in [4.78, 5) is 22.8. The van der Waals surface area contributed by atoms with Crippen LogP contribution in [0.15, 0.2) is 47.4 Å². The molecule has 0 saturated carbocycles. The Kier molecular flexibility index (Phi) is 7.86. The Balaban J connectivity index is 2.00. The van der Waals surface area contributed by atoms with Crippen molar-refractivity contribution in [3.8, 4) is 0 Å². The summed E-state index contributed by atoms with van der Waals surface area (Å²) in [6.45, 7) is 4.04. The minimum Gasteiger partial charge on any atom is -0.322 e. The summed E-state index contributed by atoms with van der Waals surface area (Å²) in [5, 5.41) is 13.5. The normalized spacial score (nSPS) is 11.2. The first kappa shape index (κ1) is 22.5. The summed E-state index contributed by atoms with van der Waals surface area (Å²) in [6, 6.07) is 9.95. The zero-order valence-corrected chi connectivity index (χ0v) is 17.3. The highest BCUT2D eigenvalue weighted by molar-refractivity contribution is 7.89. The van der Waals surface area contributed by atoms with E-state index in [1.165, 1.54) is 42.5 Å². The number of rotatable bonds is 10. The number of nitrogens with one attached hydrogen (secondary N) is 2. The van der Waals surface area contributed by atoms with Gasteiger partial charge in [-0.25, -0.2) is 13.1 Å². The van der Waals surface area contributed by atoms with E-state index in [-0.39, 0.29) is 16.1 Å². The van der Waals surface area contributed by atoms with Crippen LogP contribution in [0.2, 0.25) is 0 Å². The molecule has 0 saturated heterocycles. The fourth-order valence-corrected chi connectivity index (χ4v) is 3.84. The van der Waals surface area contributed by atoms with Gasteiger partial charge < -0.3 is 5.32 Å². The number of amides is 1. The number of nitro groups is 1. The fourth-order valence-electron chi connectivity index (χ4n) is 2.76. The van der Waals surface area contributed by atoms with Crippen LogP contribution in [0.4, 0.5) is 11.4 Å². The molecular weight excluding hydrogens is 394 g/mol. The Morgan fingerprint density at radius 1 is 1.07 bits per heavy atom. The highest BCUT2D eigenvalue weighted by atomic mass is 32.2. The summed E-state index contributed by atoms with van der Waals surface area (Å²) in [7, 11) is -3.59. The molecule has 9 heteroatoms. The van der Waals surface area contributed by atoms with Gasteiger partial charge in [0.2, 0.25) is 10.0 Å². The number of anilines is 1. The third-order valence-corrected chi connectivity index (χ3v) is 5.88. The summed E-state index contributed by atoms with van der Waals surface area (Å²) in [6.07, 6.45) is 3.92. The number of unbranched alkanes of at least 4 members (excludes halogenated alkanes) is 3. The monoisotopic (exact) mass is 419 g/mol. The van der Waals surface area contributed by atoms with E-state index in [4.69, 9.17) is 0 Å². The van der Waals surface area contributed by atoms with E-state index >= 15 is 0 Å². The number of aryl methyl sites for hydroxylation is 1. The van der Waals surface area contributed by atoms with Gasteiger partial charge in [0, 0.05) is 29.4 Å². The maximum atomic E-state index is 12.3. The molecule has 2 aromatic rings. The van der Waals surface area contributed by atoms with Crippen LogP contribution in [0.1, 0.15) is 48.5 Å². The lowest BCUT2D eigenvalue weighted by molar-refractivity contribution is -0.385. The molecule has 0 fully saturated rings. The van der Waals surface area contributed by atoms with Gasteiger partial charge in [-0.1, -0.05) is 26.2 Å². The second kappa shape index (κ2) is 10.1. The molecule has 156 valence electrons. The standard InChI is InChI=1S/C20H25N3O5S/c1-3-4-5-6-13-21-29(27,28)18-10-8-17(9-11-18)22-20(24)16-7-12-19(23(25)26)15(2)14-16/h7-12,14,21H,3-6,13H2,1-2H3,(H,22,24). The zero-order valence-electron chi connectivity index (χ0n) is 16.5. The average molecular weight is 420 g/mol. The number of carbonyl (C=O) groups is 1. The molecule has 2 aromatic carbocycles. The molecule has 0 aliphatic rings. The molecule has 2 N–H and O–H groups in total. The maximum absolute atomic E-state index is 12.3. The molecular formula is C20H25N3O5S. The third-order valence-electron chi connectivity index (χ3n) is 4.40. The van der Waals surface area contributed by atoms with Gasteiger partial charge >= 0.3 is 0 Å². The van der Waals surface area contributed by atoms with Gasteiger partial charge in [0.1, 0.15) is 0 Å². The molecule has 0 aliphatic carbocycles. The Morgan fingerprint density at radius 3 is 2.34 bits per heavy atom. The van der Waals surface area contributed by atoms with E-state index in [0.29, 0.717) is 17.8 Å². The number of hydrogen-bond donors (Lipinski definition) is 2. The Hall–Kier alpha value is -2.78. The predicted molar refractivity (Wildman–Crippen MR) is 112 cm³/mol. The number of nitro benzene ring substituents is 1. The SMILES string of the molecule is CCCCCCNS(=O)(=O)c1ccc(NC(=O)c2ccc([N+](=O)[O-])c(C)c2)cc1. The van der Waals surface area contributed by atoms with Crippen molar-refractivity contribution in [1.29, 1.82) is 0 Å². The summed E-state index contributed by atoms with van der Waals surface area (Å²) in [5.74, 6) is -0.437. The van der Waals surface area contributed by atoms with Crippen molar-refractivity contribution in [2.45, 2.75) is 44.4 Å². The first-order valence-electron chi connectivity index (χ1n) is 9.40. The topological polar surface area (TPSA) is 118 Å². The lowest BCUT2D eigenvalue weighted by atomic mass is 10.1. The summed E-state index contributed by atoms with van der Waals surface area (Å²) >= 11 is 0. The van der Waals surface area contributed by atoms with E-state index in [1.807, 2.05) is 0 Å². The van der Waals surface area contributed by atoms with Crippen molar-refractivity contribution < 1.29 is 18.1 Å². The highest BCUT2D eigenvalue weighted by Crippen LogP contribution is 2.20. The van der Waals surface area contributed by atoms with Crippen molar-refractivity contribution in [2.75, 3.05) is 11.9 Å². The molecule has 8 nitrogen and oxygen atoms in total. The molecule has 1 amide bonds. The largest absolute Gasteiger partial charge is 0.322 e. The van der Waals surface area contributed by atoms with E-state index in [2.05, 4.69) is 17.0 Å². The molecule has 0 aromatic heterocycles. The Bertz CT molecular complexity index is 972. The minimum atomic E-state index is -3.59. The van der Waals surface area contributed by atoms with Crippen molar-refractivity contribution in [3.05, 3.63) is 63.7 Å². The molecule has 0 heterocycles. The molecule has 0 atom stereocenters. The molecule has 0 spiro atoms. The predicted octanol–water partition coefficient (Wildman–Crippen LogP) is 4.01. The van der Waals surface area contributed by atoms with Gasteiger partial charge in [-0.15, -0.1) is 0 Å². The number of nitrogens with zero attached hydrogens (tertiary/aromatic N) is 1. The number of benzene rings is 2. The highest BCUT2D eigenvalue weighted by Gasteiger charge is 2.15. The zero-order chi connectivity index (χ0) is 21.4. The fraction of sp³-hybridized carbons (Fsp3) is 0.350. The van der Waals surface area contributed by atoms with Crippen LogP contribution in [0.3, 0.4) is 0 Å². The summed E-state index contributed by atoms with van der Waals surface area (Å²) < 4.78 is 27.2. The van der Waals surface area contributed by atoms with Crippen molar-refractivity contribution in [2.24, 2.45) is 0 Å². The van der Waals surface area contributed by atoms with Crippen molar-refractivity contribution >= 4 is 27.3 Å². The van der Waals surface area contributed by atoms with E-state index in [9.17, 15) is 23.3 Å². The van der Waals surface area contributed by atoms with Crippen LogP contribution in [-0.4, -0.2) is 25.8 Å². The first-order chi connectivity index (χ1) is 13.7. The lowest BCUT2D eigenvalue weighted by Crippen LogP contribution is -2.24. The van der Waals surface area contributed by atoms with Crippen LogP contribution in [0.5, 0.6) is 0 Å². The number of sulfonamides is 1. The summed E-state index contributed by atoms with van der Waals surface area (Å²) in [5.41, 5.74) is 1.03. The molecule has 29 heavy (non-hydrogen) atoms. The van der Waals surface area contributed by atoms with Crippen LogP contribution in [-0.2, 0) is 10.0 Å². The van der Waals surface area contributed by atoms with Crippen LogP contribution in [0.25, 0.3) is 0 Å². The quantitative estimate of drug-likeness (QED) is 0.343. The molecule has 0 bridgehead atoms. The minimum absolute atomic E-state index is 0.0571. The van der Waals surface area contributed by atoms with Gasteiger partial charge in [-0.2, -0.15) is 0 Å². The van der Waals surface area contributed by atoms with Crippen LogP contribution < -0.4 is 10.0 Å². The van der Waals surface area contributed by atoms with E-state index in [0.717, 1.165) is 25.7 Å². The average Bonchev–Trinajstić information content (AvgIpc) is 2.67. The van der Waals surface area contributed by atoms with Crippen molar-refractivity contribution in [1.82, 2.24) is 4.72 Å². The Labute approximate surface area is 170 Å². The van der Waals surface area contributed by atoms with E-state index in [1.54, 1.807) is 6.92 Å². The van der Waals surface area contributed by atoms with Gasteiger partial charge in [0.05, 0.1) is 9.82 Å². The number of hydrogen-bond acceptors (Lipinski definition) is 5. The smallest absolute Gasteiger partial charge is 0.272 e. The maximum Gasteiger partial charge on any atom is 0.272 e. The van der Waals surface area contributed by atoms with Crippen molar-refractivity contribution in [3.63, 3.8) is 0 Å². The Morgan fingerprint density at radius 2 is 1.76 bits per heavy atom. The van der Waals surface area contributed by atoms with Crippen LogP contribution in [0, 0.1) is 17.0 Å². The second-order valence-corrected chi connectivity index (χ2v) is 8.46. The number of carbonyl (C=O) groups excluding carboxylic acids is 1. The van der Waals surface area contributed by atoms with Crippen LogP contribution >= 0.6 is 0 Å². The van der Waals surface area contributed by atoms with E-state index < -0.39 is 20.9 Å². The molecule has 0 radical (unpaired) electrons. The van der Waals surface area contributed by atoms with Gasteiger partial charge in [-0.05, 0) is 49.7 Å². The molecule has 0 unspecified atom stereocenters. The first-order valence-corrected chi connectivity index (χ1v) is 10.9. The van der Waals surface area contributed by atoms with Gasteiger partial charge in [0.25, 0.3) is 11.6 Å². The van der Waals surface area contributed by atoms with Gasteiger partial charge in [0.15, 0.2) is 0 Å². The third kappa shape index (κ3) is 6.37. The lowest BCUT2D eigenvalue weighted by Gasteiger charge is -2.09. The molecule has 0 aliphatic heterocycles. The van der Waals surface area contributed by atoms with Gasteiger partial charge in [-0.3, -0.25) is 14.9 Å². The second-order valence-electron chi connectivity index (χ2n) is 6.70.